The molecular weight excluding hydrogens is 490 g/mol. The lowest BCUT2D eigenvalue weighted by Gasteiger charge is -2.15. The minimum atomic E-state index is 0.611. The van der Waals surface area contributed by atoms with Crippen LogP contribution in [0.5, 0.6) is 0 Å². The molecule has 0 spiro atoms. The number of nitriles is 1. The fraction of sp³-hybridized carbons (Fsp3) is 0. The molecule has 3 heteroatoms. The maximum absolute atomic E-state index is 10.6. The molecule has 0 saturated heterocycles. The number of fused-ring (bicyclic) bond motifs is 6. The highest BCUT2D eigenvalue weighted by Gasteiger charge is 2.21. The highest BCUT2D eigenvalue weighted by molar-refractivity contribution is 6.12. The summed E-state index contributed by atoms with van der Waals surface area (Å²) in [6, 6.07) is 45.4. The Morgan fingerprint density at radius 2 is 0.950 bits per heavy atom. The number of furan rings is 2. The van der Waals surface area contributed by atoms with Gasteiger partial charge in [0.05, 0.1) is 5.56 Å². The smallest absolute Gasteiger partial charge is 0.143 e. The van der Waals surface area contributed by atoms with E-state index in [2.05, 4.69) is 54.6 Å². The third-order valence-electron chi connectivity index (χ3n) is 7.74. The summed E-state index contributed by atoms with van der Waals surface area (Å²) >= 11 is 0. The topological polar surface area (TPSA) is 50.1 Å². The molecule has 2 aromatic heterocycles. The van der Waals surface area contributed by atoms with Gasteiger partial charge in [0.15, 0.2) is 0 Å². The summed E-state index contributed by atoms with van der Waals surface area (Å²) < 4.78 is 12.8. The molecule has 0 aliphatic rings. The van der Waals surface area contributed by atoms with Crippen LogP contribution in [0.1, 0.15) is 5.56 Å². The maximum atomic E-state index is 10.6. The van der Waals surface area contributed by atoms with Crippen LogP contribution in [0.25, 0.3) is 77.3 Å². The van der Waals surface area contributed by atoms with Crippen LogP contribution in [0.4, 0.5) is 0 Å². The van der Waals surface area contributed by atoms with E-state index in [9.17, 15) is 5.26 Å². The Kier molecular flexibility index (Phi) is 4.89. The molecule has 0 N–H and O–H groups in total. The summed E-state index contributed by atoms with van der Waals surface area (Å²) in [5, 5.41) is 14.8. The highest BCUT2D eigenvalue weighted by atomic mass is 16.3. The van der Waals surface area contributed by atoms with E-state index in [1.165, 1.54) is 0 Å². The molecule has 3 nitrogen and oxygen atoms in total. The van der Waals surface area contributed by atoms with Gasteiger partial charge in [-0.3, -0.25) is 0 Å². The summed E-state index contributed by atoms with van der Waals surface area (Å²) in [7, 11) is 0. The Hall–Kier alpha value is -5.59. The predicted molar refractivity (Wildman–Crippen MR) is 162 cm³/mol. The molecule has 0 aliphatic carbocycles. The van der Waals surface area contributed by atoms with Gasteiger partial charge in [0.2, 0.25) is 0 Å². The van der Waals surface area contributed by atoms with Gasteiger partial charge in [-0.25, -0.2) is 0 Å². The number of rotatable bonds is 3. The van der Waals surface area contributed by atoms with E-state index in [0.29, 0.717) is 5.56 Å². The molecule has 40 heavy (non-hydrogen) atoms. The van der Waals surface area contributed by atoms with E-state index >= 15 is 0 Å². The first-order chi connectivity index (χ1) is 19.8. The Labute approximate surface area is 230 Å². The molecule has 0 aliphatic heterocycles. The van der Waals surface area contributed by atoms with Crippen molar-refractivity contribution in [3.8, 4) is 39.4 Å². The van der Waals surface area contributed by atoms with Crippen LogP contribution in [-0.4, -0.2) is 0 Å². The van der Waals surface area contributed by atoms with Crippen LogP contribution in [0.15, 0.2) is 136 Å². The maximum Gasteiger partial charge on any atom is 0.143 e. The second kappa shape index (κ2) is 8.73. The molecule has 0 atom stereocenters. The zero-order valence-electron chi connectivity index (χ0n) is 21.4. The van der Waals surface area contributed by atoms with Crippen molar-refractivity contribution in [3.63, 3.8) is 0 Å². The average Bonchev–Trinajstić information content (AvgIpc) is 3.59. The molecule has 0 bridgehead atoms. The van der Waals surface area contributed by atoms with Gasteiger partial charge in [0.25, 0.3) is 0 Å². The quantitative estimate of drug-likeness (QED) is 0.237. The van der Waals surface area contributed by atoms with Gasteiger partial charge >= 0.3 is 0 Å². The minimum absolute atomic E-state index is 0.611. The summed E-state index contributed by atoms with van der Waals surface area (Å²) in [4.78, 5) is 0. The lowest BCUT2D eigenvalue weighted by molar-refractivity contribution is 0.670. The summed E-state index contributed by atoms with van der Waals surface area (Å²) in [5.41, 5.74) is 9.44. The summed E-state index contributed by atoms with van der Waals surface area (Å²) in [6.45, 7) is 0. The molecule has 186 valence electrons. The van der Waals surface area contributed by atoms with Gasteiger partial charge in [-0.15, -0.1) is 0 Å². The second-order valence-corrected chi connectivity index (χ2v) is 9.99. The van der Waals surface area contributed by atoms with Crippen LogP contribution in [0.3, 0.4) is 0 Å². The fourth-order valence-corrected chi connectivity index (χ4v) is 5.91. The zero-order chi connectivity index (χ0) is 26.6. The van der Waals surface area contributed by atoms with E-state index < -0.39 is 0 Å². The van der Waals surface area contributed by atoms with Crippen molar-refractivity contribution in [2.45, 2.75) is 0 Å². The van der Waals surface area contributed by atoms with E-state index in [4.69, 9.17) is 8.83 Å². The molecular formula is C37H21NO2. The monoisotopic (exact) mass is 511 g/mol. The molecule has 8 aromatic rings. The van der Waals surface area contributed by atoms with E-state index in [1.807, 2.05) is 78.9 Å². The van der Waals surface area contributed by atoms with Gasteiger partial charge in [0, 0.05) is 43.8 Å². The first-order valence-electron chi connectivity index (χ1n) is 13.2. The Morgan fingerprint density at radius 1 is 0.425 bits per heavy atom. The second-order valence-electron chi connectivity index (χ2n) is 9.99. The minimum Gasteiger partial charge on any atom is -0.455 e. The number of hydrogen-bond donors (Lipinski definition) is 0. The van der Waals surface area contributed by atoms with Crippen LogP contribution in [0.2, 0.25) is 0 Å². The van der Waals surface area contributed by atoms with Crippen LogP contribution in [-0.2, 0) is 0 Å². The molecule has 0 amide bonds. The molecule has 0 fully saturated rings. The van der Waals surface area contributed by atoms with Gasteiger partial charge in [-0.1, -0.05) is 103 Å². The van der Waals surface area contributed by atoms with Crippen LogP contribution in [0, 0.1) is 11.3 Å². The molecule has 8 rings (SSSR count). The van der Waals surface area contributed by atoms with E-state index in [-0.39, 0.29) is 0 Å². The Morgan fingerprint density at radius 3 is 1.60 bits per heavy atom. The normalized spacial score (nSPS) is 11.5. The lowest BCUT2D eigenvalue weighted by atomic mass is 9.87. The van der Waals surface area contributed by atoms with Gasteiger partial charge < -0.3 is 8.83 Å². The molecule has 0 radical (unpaired) electrons. The lowest BCUT2D eigenvalue weighted by Crippen LogP contribution is -1.93. The predicted octanol–water partition coefficient (Wildman–Crippen LogP) is 10.4. The number of benzene rings is 6. The number of para-hydroxylation sites is 4. The number of hydrogen-bond acceptors (Lipinski definition) is 3. The first kappa shape index (κ1) is 22.4. The molecule has 6 aromatic carbocycles. The van der Waals surface area contributed by atoms with Gasteiger partial charge in [0.1, 0.15) is 28.4 Å². The van der Waals surface area contributed by atoms with Crippen molar-refractivity contribution in [3.05, 3.63) is 133 Å². The Bertz CT molecular complexity index is 2280. The van der Waals surface area contributed by atoms with Crippen molar-refractivity contribution in [1.29, 1.82) is 5.26 Å². The highest BCUT2D eigenvalue weighted by Crippen LogP contribution is 2.43. The van der Waals surface area contributed by atoms with Crippen LogP contribution >= 0.6 is 0 Å². The average molecular weight is 512 g/mol. The third-order valence-corrected chi connectivity index (χ3v) is 7.74. The summed E-state index contributed by atoms with van der Waals surface area (Å²) in [6.07, 6.45) is 0. The summed E-state index contributed by atoms with van der Waals surface area (Å²) in [5.74, 6) is 0. The standard InChI is InChI=1S/C37H21NO2/c38-22-33-31(23-10-2-1-3-11-23)20-24(25-14-8-15-28-26-12-4-6-18-34(26)39-36(25)28)21-32(33)30-17-9-16-29-27-13-5-7-19-35(27)40-37(29)30/h1-21H. The van der Waals surface area contributed by atoms with Crippen LogP contribution < -0.4 is 0 Å². The first-order valence-corrected chi connectivity index (χ1v) is 13.2. The zero-order valence-corrected chi connectivity index (χ0v) is 21.4. The van der Waals surface area contributed by atoms with E-state index in [1.54, 1.807) is 0 Å². The Balaban J connectivity index is 1.48. The van der Waals surface area contributed by atoms with E-state index in [0.717, 1.165) is 77.3 Å². The van der Waals surface area contributed by atoms with Crippen molar-refractivity contribution in [2.75, 3.05) is 0 Å². The van der Waals surface area contributed by atoms with Crippen molar-refractivity contribution >= 4 is 43.9 Å². The van der Waals surface area contributed by atoms with Gasteiger partial charge in [-0.05, 0) is 35.4 Å². The SMILES string of the molecule is N#Cc1c(-c2ccccc2)cc(-c2cccc3c2oc2ccccc23)cc1-c1cccc2c1oc1ccccc12. The largest absolute Gasteiger partial charge is 0.455 e. The third kappa shape index (κ3) is 3.30. The molecule has 2 heterocycles. The van der Waals surface area contributed by atoms with Crippen molar-refractivity contribution in [2.24, 2.45) is 0 Å². The molecule has 0 unspecified atom stereocenters. The van der Waals surface area contributed by atoms with Crippen molar-refractivity contribution < 1.29 is 8.83 Å². The number of nitrogens with zero attached hydrogens (tertiary/aromatic N) is 1. The molecule has 0 saturated carbocycles. The van der Waals surface area contributed by atoms with Gasteiger partial charge in [-0.2, -0.15) is 5.26 Å². The van der Waals surface area contributed by atoms with Crippen molar-refractivity contribution in [1.82, 2.24) is 0 Å². The fourth-order valence-electron chi connectivity index (χ4n) is 5.91.